The van der Waals surface area contributed by atoms with Crippen LogP contribution in [0.1, 0.15) is 19.3 Å². The molecule has 0 spiro atoms. The van der Waals surface area contributed by atoms with E-state index in [9.17, 15) is 14.4 Å². The number of carboxylic acids is 1. The molecule has 0 saturated carbocycles. The van der Waals surface area contributed by atoms with Crippen LogP contribution in [0.25, 0.3) is 0 Å². The smallest absolute Gasteiger partial charge is 0.305 e. The molecule has 2 atom stereocenters. The van der Waals surface area contributed by atoms with Crippen LogP contribution in [0.5, 0.6) is 0 Å². The number of aliphatic carboxylic acids is 1. The molecule has 2 N–H and O–H groups in total. The molecule has 2 fully saturated rings. The van der Waals surface area contributed by atoms with E-state index in [0.717, 1.165) is 5.75 Å². The Hall–Kier alpha value is -1.24. The monoisotopic (exact) mass is 272 g/mol. The average Bonchev–Trinajstić information content (AvgIpc) is 2.75. The summed E-state index contributed by atoms with van der Waals surface area (Å²) in [4.78, 5) is 35.8. The Balaban J connectivity index is 2.01. The fraction of sp³-hybridized carbons (Fsp3) is 0.727. The van der Waals surface area contributed by atoms with Gasteiger partial charge in [-0.2, -0.15) is 11.8 Å². The molecule has 0 aromatic carbocycles. The van der Waals surface area contributed by atoms with Gasteiger partial charge in [0, 0.05) is 24.5 Å². The highest BCUT2D eigenvalue weighted by Crippen LogP contribution is 2.21. The van der Waals surface area contributed by atoms with Gasteiger partial charge < -0.3 is 15.3 Å². The Bertz CT molecular complexity index is 374. The third-order valence-electron chi connectivity index (χ3n) is 3.21. The van der Waals surface area contributed by atoms with Crippen LogP contribution in [0.15, 0.2) is 0 Å². The molecular formula is C11H16N2O4S. The minimum atomic E-state index is -0.893. The topological polar surface area (TPSA) is 86.7 Å². The van der Waals surface area contributed by atoms with E-state index in [1.165, 1.54) is 0 Å². The Morgan fingerprint density at radius 3 is 2.89 bits per heavy atom. The van der Waals surface area contributed by atoms with Crippen molar-refractivity contribution in [1.29, 1.82) is 0 Å². The molecule has 0 bridgehead atoms. The van der Waals surface area contributed by atoms with Crippen LogP contribution in [0, 0.1) is 0 Å². The van der Waals surface area contributed by atoms with Crippen LogP contribution >= 0.6 is 11.8 Å². The van der Waals surface area contributed by atoms with Gasteiger partial charge in [0.2, 0.25) is 11.8 Å². The fourth-order valence-electron chi connectivity index (χ4n) is 2.32. The van der Waals surface area contributed by atoms with E-state index in [1.807, 2.05) is 0 Å². The van der Waals surface area contributed by atoms with Crippen LogP contribution < -0.4 is 5.32 Å². The number of nitrogens with zero attached hydrogens (tertiary/aromatic N) is 1. The van der Waals surface area contributed by atoms with E-state index in [0.29, 0.717) is 25.1 Å². The van der Waals surface area contributed by atoms with E-state index >= 15 is 0 Å². The second-order valence-electron chi connectivity index (χ2n) is 4.52. The first-order chi connectivity index (χ1) is 8.58. The lowest BCUT2D eigenvalue weighted by Crippen LogP contribution is -2.53. The summed E-state index contributed by atoms with van der Waals surface area (Å²) in [5.74, 6) is 0.346. The standard InChI is InChI=1S/C11H16N2O4S/c14-9-2-1-8(12-9)11(17)13-3-4-18-6-7(13)5-10(15)16/h7-8H,1-6H2,(H,12,14)(H,15,16)/t7?,8-/m1/s1. The largest absolute Gasteiger partial charge is 0.481 e. The lowest BCUT2D eigenvalue weighted by atomic mass is 10.1. The van der Waals surface area contributed by atoms with Gasteiger partial charge in [0.15, 0.2) is 0 Å². The quantitative estimate of drug-likeness (QED) is 0.735. The summed E-state index contributed by atoms with van der Waals surface area (Å²) in [5.41, 5.74) is 0. The minimum absolute atomic E-state index is 0.0284. The number of carboxylic acid groups (broad SMARTS) is 1. The summed E-state index contributed by atoms with van der Waals surface area (Å²) in [5, 5.41) is 11.5. The van der Waals surface area contributed by atoms with Gasteiger partial charge in [-0.1, -0.05) is 0 Å². The van der Waals surface area contributed by atoms with Crippen molar-refractivity contribution < 1.29 is 19.5 Å². The number of amides is 2. The molecule has 2 aliphatic rings. The molecular weight excluding hydrogens is 256 g/mol. The number of nitrogens with one attached hydrogen (secondary N) is 1. The van der Waals surface area contributed by atoms with Crippen molar-refractivity contribution in [2.75, 3.05) is 18.1 Å². The zero-order valence-corrected chi connectivity index (χ0v) is 10.7. The van der Waals surface area contributed by atoms with Crippen molar-refractivity contribution in [3.63, 3.8) is 0 Å². The lowest BCUT2D eigenvalue weighted by molar-refractivity contribution is -0.141. The number of carbonyl (C=O) groups is 3. The van der Waals surface area contributed by atoms with Gasteiger partial charge in [0.1, 0.15) is 6.04 Å². The maximum atomic E-state index is 12.2. The zero-order valence-electron chi connectivity index (χ0n) is 9.92. The average molecular weight is 272 g/mol. The van der Waals surface area contributed by atoms with Gasteiger partial charge in [0.05, 0.1) is 12.5 Å². The molecule has 2 amide bonds. The van der Waals surface area contributed by atoms with Gasteiger partial charge in [-0.25, -0.2) is 0 Å². The first-order valence-electron chi connectivity index (χ1n) is 5.97. The molecule has 0 aromatic heterocycles. The maximum absolute atomic E-state index is 12.2. The maximum Gasteiger partial charge on any atom is 0.305 e. The molecule has 0 aromatic rings. The Morgan fingerprint density at radius 2 is 2.28 bits per heavy atom. The van der Waals surface area contributed by atoms with E-state index in [4.69, 9.17) is 5.11 Å². The molecule has 2 aliphatic heterocycles. The minimum Gasteiger partial charge on any atom is -0.481 e. The number of hydrogen-bond donors (Lipinski definition) is 2. The molecule has 2 rings (SSSR count). The highest BCUT2D eigenvalue weighted by Gasteiger charge is 2.35. The molecule has 0 radical (unpaired) electrons. The summed E-state index contributed by atoms with van der Waals surface area (Å²) in [6, 6.07) is -0.719. The third-order valence-corrected chi connectivity index (χ3v) is 4.31. The lowest BCUT2D eigenvalue weighted by Gasteiger charge is -2.36. The highest BCUT2D eigenvalue weighted by atomic mass is 32.2. The third kappa shape index (κ3) is 2.95. The second kappa shape index (κ2) is 5.60. The molecule has 2 saturated heterocycles. The van der Waals surface area contributed by atoms with Crippen LogP contribution in [-0.2, 0) is 14.4 Å². The summed E-state index contributed by atoms with van der Waals surface area (Å²) >= 11 is 1.66. The van der Waals surface area contributed by atoms with E-state index < -0.39 is 12.0 Å². The summed E-state index contributed by atoms with van der Waals surface area (Å²) in [7, 11) is 0. The van der Waals surface area contributed by atoms with E-state index in [2.05, 4.69) is 5.32 Å². The predicted molar refractivity (Wildman–Crippen MR) is 66.2 cm³/mol. The summed E-state index contributed by atoms with van der Waals surface area (Å²) < 4.78 is 0. The molecule has 7 heteroatoms. The molecule has 1 unspecified atom stereocenters. The predicted octanol–water partition coefficient (Wildman–Crippen LogP) is -0.316. The van der Waals surface area contributed by atoms with Crippen LogP contribution in [0.3, 0.4) is 0 Å². The molecule has 18 heavy (non-hydrogen) atoms. The van der Waals surface area contributed by atoms with Crippen molar-refractivity contribution in [2.24, 2.45) is 0 Å². The van der Waals surface area contributed by atoms with Gasteiger partial charge in [0.25, 0.3) is 0 Å². The van der Waals surface area contributed by atoms with Crippen molar-refractivity contribution in [3.05, 3.63) is 0 Å². The van der Waals surface area contributed by atoms with Crippen molar-refractivity contribution in [1.82, 2.24) is 10.2 Å². The number of carbonyl (C=O) groups excluding carboxylic acids is 2. The first kappa shape index (κ1) is 13.2. The van der Waals surface area contributed by atoms with Crippen molar-refractivity contribution >= 4 is 29.5 Å². The molecule has 2 heterocycles. The van der Waals surface area contributed by atoms with Gasteiger partial charge in [-0.15, -0.1) is 0 Å². The Morgan fingerprint density at radius 1 is 1.50 bits per heavy atom. The molecule has 0 aliphatic carbocycles. The van der Waals surface area contributed by atoms with Crippen LogP contribution in [-0.4, -0.2) is 57.9 Å². The van der Waals surface area contributed by atoms with Crippen molar-refractivity contribution in [2.45, 2.75) is 31.3 Å². The summed E-state index contributed by atoms with van der Waals surface area (Å²) in [6.45, 7) is 0.563. The number of thioether (sulfide) groups is 1. The highest BCUT2D eigenvalue weighted by molar-refractivity contribution is 7.99. The Labute approximate surface area is 109 Å². The number of rotatable bonds is 3. The van der Waals surface area contributed by atoms with Gasteiger partial charge in [-0.05, 0) is 6.42 Å². The molecule has 100 valence electrons. The number of hydrogen-bond acceptors (Lipinski definition) is 4. The van der Waals surface area contributed by atoms with Gasteiger partial charge >= 0.3 is 5.97 Å². The van der Waals surface area contributed by atoms with E-state index in [1.54, 1.807) is 16.7 Å². The van der Waals surface area contributed by atoms with E-state index in [-0.39, 0.29) is 24.3 Å². The van der Waals surface area contributed by atoms with Crippen LogP contribution in [0.2, 0.25) is 0 Å². The van der Waals surface area contributed by atoms with Crippen molar-refractivity contribution in [3.8, 4) is 0 Å². The Kier molecular flexibility index (Phi) is 4.11. The van der Waals surface area contributed by atoms with Gasteiger partial charge in [-0.3, -0.25) is 14.4 Å². The normalized spacial score (nSPS) is 28.0. The first-order valence-corrected chi connectivity index (χ1v) is 7.13. The second-order valence-corrected chi connectivity index (χ2v) is 5.67. The fourth-order valence-corrected chi connectivity index (χ4v) is 3.38. The van der Waals surface area contributed by atoms with Crippen LogP contribution in [0.4, 0.5) is 0 Å². The SMILES string of the molecule is O=C(O)CC1CSCCN1C(=O)[C@H]1CCC(=O)N1. The summed E-state index contributed by atoms with van der Waals surface area (Å²) in [6.07, 6.45) is 0.864. The molecule has 6 nitrogen and oxygen atoms in total. The zero-order chi connectivity index (χ0) is 13.1.